The van der Waals surface area contributed by atoms with Gasteiger partial charge < -0.3 is 14.4 Å². The largest absolute Gasteiger partial charge is 0.486 e. The van der Waals surface area contributed by atoms with Crippen molar-refractivity contribution in [3.63, 3.8) is 0 Å². The van der Waals surface area contributed by atoms with E-state index in [0.29, 0.717) is 24.5 Å². The molecule has 0 fully saturated rings. The Labute approximate surface area is 135 Å². The van der Waals surface area contributed by atoms with Gasteiger partial charge in [-0.05, 0) is 12.1 Å². The molecule has 1 atom stereocenters. The fraction of sp³-hybridized carbons (Fsp3) is 0.353. The summed E-state index contributed by atoms with van der Waals surface area (Å²) in [6, 6.07) is 7.53. The number of aryl methyl sites for hydroxylation is 1. The number of amides is 1. The van der Waals surface area contributed by atoms with E-state index in [9.17, 15) is 4.79 Å². The van der Waals surface area contributed by atoms with Gasteiger partial charge in [0.2, 0.25) is 0 Å². The van der Waals surface area contributed by atoms with Crippen molar-refractivity contribution in [1.29, 1.82) is 0 Å². The summed E-state index contributed by atoms with van der Waals surface area (Å²) in [5.74, 6) is 2.04. The lowest BCUT2D eigenvalue weighted by Gasteiger charge is -2.29. The van der Waals surface area contributed by atoms with Crippen molar-refractivity contribution >= 4 is 5.91 Å². The van der Waals surface area contributed by atoms with E-state index < -0.39 is 0 Å². The van der Waals surface area contributed by atoms with Crippen LogP contribution in [-0.4, -0.2) is 47.1 Å². The number of rotatable bonds is 4. The Hall–Kier alpha value is -2.63. The van der Waals surface area contributed by atoms with Crippen LogP contribution in [0.5, 0.6) is 11.5 Å². The molecule has 1 aliphatic heterocycles. The second-order valence-corrected chi connectivity index (χ2v) is 5.42. The highest BCUT2D eigenvalue weighted by Gasteiger charge is 2.24. The van der Waals surface area contributed by atoms with Gasteiger partial charge in [-0.2, -0.15) is 0 Å². The summed E-state index contributed by atoms with van der Waals surface area (Å²) in [5.41, 5.74) is 0.474. The maximum absolute atomic E-state index is 12.4. The fourth-order valence-electron chi connectivity index (χ4n) is 2.41. The molecule has 0 saturated carbocycles. The number of hydrogen-bond acceptors (Lipinski definition) is 5. The Kier molecular flexibility index (Phi) is 4.41. The van der Waals surface area contributed by atoms with Crippen molar-refractivity contribution in [3.05, 3.63) is 48.0 Å². The van der Waals surface area contributed by atoms with E-state index >= 15 is 0 Å². The number of hydrogen-bond donors (Lipinski definition) is 0. The predicted molar refractivity (Wildman–Crippen MR) is 84.7 cm³/mol. The number of carbonyl (C=O) groups excluding carboxylic acids is 1. The zero-order chi connectivity index (χ0) is 16.2. The Morgan fingerprint density at radius 2 is 1.96 bits per heavy atom. The molecule has 0 N–H and O–H groups in total. The van der Waals surface area contributed by atoms with Crippen molar-refractivity contribution in [3.8, 4) is 11.5 Å². The molecule has 120 valence electrons. The summed E-state index contributed by atoms with van der Waals surface area (Å²) in [5, 5.41) is 0. The van der Waals surface area contributed by atoms with Crippen LogP contribution in [0.3, 0.4) is 0 Å². The molecule has 0 bridgehead atoms. The van der Waals surface area contributed by atoms with Gasteiger partial charge in [0, 0.05) is 25.9 Å². The highest BCUT2D eigenvalue weighted by Crippen LogP contribution is 2.30. The zero-order valence-corrected chi connectivity index (χ0v) is 13.2. The molecular weight excluding hydrogens is 294 g/mol. The van der Waals surface area contributed by atoms with Crippen LogP contribution in [0.1, 0.15) is 23.1 Å². The minimum absolute atomic E-state index is 0.130. The van der Waals surface area contributed by atoms with Crippen LogP contribution in [0.4, 0.5) is 0 Å². The molecule has 0 saturated heterocycles. The van der Waals surface area contributed by atoms with Crippen molar-refractivity contribution in [2.24, 2.45) is 0 Å². The van der Waals surface area contributed by atoms with Crippen molar-refractivity contribution in [2.45, 2.75) is 19.4 Å². The van der Waals surface area contributed by atoms with Gasteiger partial charge in [0.25, 0.3) is 5.91 Å². The highest BCUT2D eigenvalue weighted by atomic mass is 16.6. The van der Waals surface area contributed by atoms with E-state index in [1.165, 1.54) is 0 Å². The van der Waals surface area contributed by atoms with E-state index in [0.717, 1.165) is 18.0 Å². The average molecular weight is 313 g/mol. The average Bonchev–Trinajstić information content (AvgIpc) is 2.61. The van der Waals surface area contributed by atoms with Crippen molar-refractivity contribution in [1.82, 2.24) is 14.9 Å². The second kappa shape index (κ2) is 6.64. The number of likely N-dealkylation sites (N-methyl/N-ethyl adjacent to an activating group) is 1. The van der Waals surface area contributed by atoms with Crippen LogP contribution in [0.2, 0.25) is 0 Å². The standard InChI is InChI=1S/C17H19N3O3/c1-3-16-18-8-12(9-19-16)17(21)20(2)10-13-11-22-14-6-4-5-7-15(14)23-13/h4-9,13H,3,10-11H2,1-2H3/t13-/m0/s1. The van der Waals surface area contributed by atoms with Crippen LogP contribution in [-0.2, 0) is 6.42 Å². The van der Waals surface area contributed by atoms with Crippen LogP contribution < -0.4 is 9.47 Å². The van der Waals surface area contributed by atoms with Crippen LogP contribution in [0.15, 0.2) is 36.7 Å². The number of para-hydroxylation sites is 2. The first-order chi connectivity index (χ1) is 11.2. The van der Waals surface area contributed by atoms with Gasteiger partial charge in [-0.15, -0.1) is 0 Å². The minimum atomic E-state index is -0.199. The summed E-state index contributed by atoms with van der Waals surface area (Å²) in [4.78, 5) is 22.3. The van der Waals surface area contributed by atoms with Crippen molar-refractivity contribution in [2.75, 3.05) is 20.2 Å². The van der Waals surface area contributed by atoms with E-state index in [4.69, 9.17) is 9.47 Å². The lowest BCUT2D eigenvalue weighted by atomic mass is 10.2. The van der Waals surface area contributed by atoms with Crippen molar-refractivity contribution < 1.29 is 14.3 Å². The molecule has 0 aliphatic carbocycles. The van der Waals surface area contributed by atoms with Gasteiger partial charge in [0.1, 0.15) is 12.4 Å². The molecule has 6 heteroatoms. The second-order valence-electron chi connectivity index (χ2n) is 5.42. The number of benzene rings is 1. The highest BCUT2D eigenvalue weighted by molar-refractivity contribution is 5.93. The van der Waals surface area contributed by atoms with Gasteiger partial charge in [-0.1, -0.05) is 19.1 Å². The molecular formula is C17H19N3O3. The molecule has 1 aromatic carbocycles. The maximum Gasteiger partial charge on any atom is 0.256 e. The molecule has 23 heavy (non-hydrogen) atoms. The Bertz CT molecular complexity index is 688. The van der Waals surface area contributed by atoms with Gasteiger partial charge in [-0.3, -0.25) is 4.79 Å². The van der Waals surface area contributed by atoms with Crippen LogP contribution in [0, 0.1) is 0 Å². The molecule has 1 aliphatic rings. The topological polar surface area (TPSA) is 64.6 Å². The Morgan fingerprint density at radius 1 is 1.26 bits per heavy atom. The van der Waals surface area contributed by atoms with Crippen LogP contribution in [0.25, 0.3) is 0 Å². The SMILES string of the molecule is CCc1ncc(C(=O)N(C)C[C@H]2COc3ccccc3O2)cn1. The molecule has 2 heterocycles. The van der Waals surface area contributed by atoms with Gasteiger partial charge in [0.15, 0.2) is 17.6 Å². The van der Waals surface area contributed by atoms with Gasteiger partial charge >= 0.3 is 0 Å². The van der Waals surface area contributed by atoms with E-state index in [1.807, 2.05) is 31.2 Å². The molecule has 1 amide bonds. The van der Waals surface area contributed by atoms with E-state index in [2.05, 4.69) is 9.97 Å². The molecule has 0 unspecified atom stereocenters. The Balaban J connectivity index is 1.62. The third kappa shape index (κ3) is 3.41. The quantitative estimate of drug-likeness (QED) is 0.863. The summed E-state index contributed by atoms with van der Waals surface area (Å²) >= 11 is 0. The monoisotopic (exact) mass is 313 g/mol. The number of aromatic nitrogens is 2. The molecule has 2 aromatic rings. The predicted octanol–water partition coefficient (Wildman–Crippen LogP) is 1.95. The third-order valence-corrected chi connectivity index (χ3v) is 3.66. The summed E-state index contributed by atoms with van der Waals surface area (Å²) < 4.78 is 11.5. The summed E-state index contributed by atoms with van der Waals surface area (Å²) in [6.07, 6.45) is 3.68. The fourth-order valence-corrected chi connectivity index (χ4v) is 2.41. The van der Waals surface area contributed by atoms with Gasteiger partial charge in [0.05, 0.1) is 12.1 Å². The maximum atomic E-state index is 12.4. The van der Waals surface area contributed by atoms with Crippen LogP contribution >= 0.6 is 0 Å². The summed E-state index contributed by atoms with van der Waals surface area (Å²) in [7, 11) is 1.74. The first kappa shape index (κ1) is 15.3. The molecule has 6 nitrogen and oxygen atoms in total. The summed E-state index contributed by atoms with van der Waals surface area (Å²) in [6.45, 7) is 2.82. The first-order valence-electron chi connectivity index (χ1n) is 7.62. The molecule has 0 spiro atoms. The number of nitrogens with zero attached hydrogens (tertiary/aromatic N) is 3. The molecule has 3 rings (SSSR count). The minimum Gasteiger partial charge on any atom is -0.486 e. The van der Waals surface area contributed by atoms with Gasteiger partial charge in [-0.25, -0.2) is 9.97 Å². The third-order valence-electron chi connectivity index (χ3n) is 3.66. The Morgan fingerprint density at radius 3 is 2.65 bits per heavy atom. The first-order valence-corrected chi connectivity index (χ1v) is 7.62. The zero-order valence-electron chi connectivity index (χ0n) is 13.2. The lowest BCUT2D eigenvalue weighted by Crippen LogP contribution is -2.41. The number of fused-ring (bicyclic) bond motifs is 1. The molecule has 1 aromatic heterocycles. The lowest BCUT2D eigenvalue weighted by molar-refractivity contribution is 0.0520. The number of carbonyl (C=O) groups is 1. The van der Waals surface area contributed by atoms with E-state index in [-0.39, 0.29) is 12.0 Å². The smallest absolute Gasteiger partial charge is 0.256 e. The van der Waals surface area contributed by atoms with E-state index in [1.54, 1.807) is 24.3 Å². The molecule has 0 radical (unpaired) electrons. The normalized spacial score (nSPS) is 16.0. The number of ether oxygens (including phenoxy) is 2.